The van der Waals surface area contributed by atoms with Gasteiger partial charge in [0.25, 0.3) is 5.24 Å². The van der Waals surface area contributed by atoms with E-state index in [2.05, 4.69) is 0 Å². The highest BCUT2D eigenvalue weighted by molar-refractivity contribution is 8.13. The molecule has 0 unspecified atom stereocenters. The zero-order chi connectivity index (χ0) is 14.7. The van der Waals surface area contributed by atoms with Gasteiger partial charge in [0, 0.05) is 19.0 Å². The van der Waals surface area contributed by atoms with Crippen LogP contribution in [-0.4, -0.2) is 37.3 Å². The van der Waals surface area contributed by atoms with Gasteiger partial charge in [0.05, 0.1) is 12.7 Å². The second kappa shape index (κ2) is 5.96. The summed E-state index contributed by atoms with van der Waals surface area (Å²) in [7, 11) is 4.78. The molecule has 0 heterocycles. The van der Waals surface area contributed by atoms with E-state index >= 15 is 0 Å². The number of rotatable bonds is 2. The number of thioether (sulfide) groups is 1. The molecular weight excluding hydrogens is 274 g/mol. The predicted molar refractivity (Wildman–Crippen MR) is 80.2 cm³/mol. The molecule has 104 valence electrons. The van der Waals surface area contributed by atoms with E-state index in [1.165, 1.54) is 12.0 Å². The molecule has 0 saturated heterocycles. The van der Waals surface area contributed by atoms with Crippen LogP contribution in [0.5, 0.6) is 0 Å². The first-order valence-corrected chi connectivity index (χ1v) is 6.84. The molecule has 2 aromatic rings. The van der Waals surface area contributed by atoms with Crippen LogP contribution in [0.2, 0.25) is 0 Å². The van der Waals surface area contributed by atoms with Crippen molar-refractivity contribution in [3.05, 3.63) is 42.0 Å². The molecule has 0 aromatic heterocycles. The third-order valence-corrected chi connectivity index (χ3v) is 3.83. The molecule has 0 aliphatic rings. The molecule has 20 heavy (non-hydrogen) atoms. The van der Waals surface area contributed by atoms with E-state index in [0.29, 0.717) is 5.56 Å². The van der Waals surface area contributed by atoms with Gasteiger partial charge in [0.1, 0.15) is 0 Å². The number of nitrogens with zero attached hydrogens (tertiary/aromatic N) is 1. The van der Waals surface area contributed by atoms with Crippen LogP contribution >= 0.6 is 11.8 Å². The van der Waals surface area contributed by atoms with Crippen molar-refractivity contribution in [1.82, 2.24) is 4.90 Å². The lowest BCUT2D eigenvalue weighted by molar-refractivity contribution is 0.0601. The van der Waals surface area contributed by atoms with Crippen molar-refractivity contribution in [2.75, 3.05) is 21.2 Å². The van der Waals surface area contributed by atoms with Crippen molar-refractivity contribution in [3.8, 4) is 0 Å². The predicted octanol–water partition coefficient (Wildman–Crippen LogP) is 3.40. The number of hydrogen-bond acceptors (Lipinski definition) is 4. The summed E-state index contributed by atoms with van der Waals surface area (Å²) < 4.78 is 4.71. The fraction of sp³-hybridized carbons (Fsp3) is 0.200. The summed E-state index contributed by atoms with van der Waals surface area (Å²) >= 11 is 1.16. The van der Waals surface area contributed by atoms with Crippen molar-refractivity contribution in [3.63, 3.8) is 0 Å². The molecule has 0 aliphatic carbocycles. The zero-order valence-electron chi connectivity index (χ0n) is 11.5. The van der Waals surface area contributed by atoms with Gasteiger partial charge in [-0.15, -0.1) is 0 Å². The van der Waals surface area contributed by atoms with Crippen LogP contribution in [-0.2, 0) is 4.74 Å². The Morgan fingerprint density at radius 3 is 2.40 bits per heavy atom. The maximum Gasteiger partial charge on any atom is 0.337 e. The van der Waals surface area contributed by atoms with Crippen molar-refractivity contribution in [2.45, 2.75) is 4.90 Å². The number of fused-ring (bicyclic) bond motifs is 1. The second-order valence-corrected chi connectivity index (χ2v) is 5.50. The van der Waals surface area contributed by atoms with Gasteiger partial charge < -0.3 is 9.64 Å². The van der Waals surface area contributed by atoms with Crippen molar-refractivity contribution < 1.29 is 14.3 Å². The number of benzene rings is 2. The fourth-order valence-corrected chi connectivity index (χ4v) is 2.43. The molecule has 0 N–H and O–H groups in total. The minimum absolute atomic E-state index is 0.0338. The zero-order valence-corrected chi connectivity index (χ0v) is 12.4. The molecule has 5 heteroatoms. The third kappa shape index (κ3) is 3.11. The maximum atomic E-state index is 11.7. The molecule has 0 bridgehead atoms. The normalized spacial score (nSPS) is 10.3. The Morgan fingerprint density at radius 1 is 1.05 bits per heavy atom. The summed E-state index contributed by atoms with van der Waals surface area (Å²) in [6.45, 7) is 0. The Balaban J connectivity index is 2.36. The van der Waals surface area contributed by atoms with Crippen LogP contribution in [0.15, 0.2) is 41.3 Å². The van der Waals surface area contributed by atoms with Crippen LogP contribution in [0.4, 0.5) is 4.79 Å². The number of esters is 1. The largest absolute Gasteiger partial charge is 0.465 e. The monoisotopic (exact) mass is 289 g/mol. The lowest BCUT2D eigenvalue weighted by Crippen LogP contribution is -2.15. The quantitative estimate of drug-likeness (QED) is 0.628. The standard InChI is InChI=1S/C15H15NO3S/c1-16(2)15(18)20-13-7-6-10-4-5-11(14(17)19-3)8-12(10)9-13/h4-9H,1-3H3. The number of carbonyl (C=O) groups is 2. The summed E-state index contributed by atoms with van der Waals surface area (Å²) in [4.78, 5) is 25.6. The van der Waals surface area contributed by atoms with Gasteiger partial charge in [-0.2, -0.15) is 0 Å². The average molecular weight is 289 g/mol. The topological polar surface area (TPSA) is 46.6 Å². The average Bonchev–Trinajstić information content (AvgIpc) is 2.45. The van der Waals surface area contributed by atoms with Gasteiger partial charge in [0.15, 0.2) is 0 Å². The van der Waals surface area contributed by atoms with Crippen molar-refractivity contribution >= 4 is 33.7 Å². The van der Waals surface area contributed by atoms with Crippen LogP contribution in [0, 0.1) is 0 Å². The molecule has 0 atom stereocenters. The highest BCUT2D eigenvalue weighted by Crippen LogP contribution is 2.26. The smallest absolute Gasteiger partial charge is 0.337 e. The molecule has 4 nitrogen and oxygen atoms in total. The van der Waals surface area contributed by atoms with Crippen molar-refractivity contribution in [2.24, 2.45) is 0 Å². The summed E-state index contributed by atoms with van der Waals surface area (Å²) in [5, 5.41) is 1.89. The molecular formula is C15H15NO3S. The third-order valence-electron chi connectivity index (χ3n) is 2.80. The van der Waals surface area contributed by atoms with Crippen LogP contribution in [0.1, 0.15) is 10.4 Å². The van der Waals surface area contributed by atoms with Crippen molar-refractivity contribution in [1.29, 1.82) is 0 Å². The SMILES string of the molecule is COC(=O)c1ccc2ccc(SC(=O)N(C)C)cc2c1. The van der Waals surface area contributed by atoms with E-state index in [9.17, 15) is 9.59 Å². The molecule has 2 aromatic carbocycles. The molecule has 0 spiro atoms. The number of ether oxygens (including phenoxy) is 1. The molecule has 0 fully saturated rings. The first-order chi connectivity index (χ1) is 9.51. The van der Waals surface area contributed by atoms with Gasteiger partial charge in [-0.05, 0) is 46.8 Å². The summed E-state index contributed by atoms with van der Waals surface area (Å²) in [5.41, 5.74) is 0.501. The maximum absolute atomic E-state index is 11.7. The number of amides is 1. The molecule has 0 saturated carbocycles. The number of methoxy groups -OCH3 is 1. The van der Waals surface area contributed by atoms with Crippen LogP contribution < -0.4 is 0 Å². The van der Waals surface area contributed by atoms with Gasteiger partial charge in [-0.25, -0.2) is 4.79 Å². The van der Waals surface area contributed by atoms with E-state index in [-0.39, 0.29) is 11.2 Å². The van der Waals surface area contributed by atoms with E-state index in [1.54, 1.807) is 26.2 Å². The van der Waals surface area contributed by atoms with Gasteiger partial charge in [-0.1, -0.05) is 12.1 Å². The first-order valence-electron chi connectivity index (χ1n) is 6.02. The fourth-order valence-electron chi connectivity index (χ4n) is 1.73. The minimum atomic E-state index is -0.366. The second-order valence-electron chi connectivity index (χ2n) is 4.48. The Bertz CT molecular complexity index is 667. The minimum Gasteiger partial charge on any atom is -0.465 e. The molecule has 0 aliphatic heterocycles. The molecule has 1 amide bonds. The Labute approximate surface area is 121 Å². The Hall–Kier alpha value is -2.01. The van der Waals surface area contributed by atoms with E-state index < -0.39 is 0 Å². The van der Waals surface area contributed by atoms with E-state index in [1.807, 2.05) is 24.3 Å². The Morgan fingerprint density at radius 2 is 1.75 bits per heavy atom. The first kappa shape index (κ1) is 14.4. The summed E-state index contributed by atoms with van der Waals surface area (Å²) in [5.74, 6) is -0.366. The number of carbonyl (C=O) groups excluding carboxylic acids is 2. The number of hydrogen-bond donors (Lipinski definition) is 0. The van der Waals surface area contributed by atoms with E-state index in [0.717, 1.165) is 27.4 Å². The van der Waals surface area contributed by atoms with Crippen LogP contribution in [0.3, 0.4) is 0 Å². The van der Waals surface area contributed by atoms with Crippen LogP contribution in [0.25, 0.3) is 10.8 Å². The van der Waals surface area contributed by atoms with Gasteiger partial charge in [0.2, 0.25) is 0 Å². The molecule has 0 radical (unpaired) electrons. The van der Waals surface area contributed by atoms with Gasteiger partial charge >= 0.3 is 5.97 Å². The molecule has 2 rings (SSSR count). The lowest BCUT2D eigenvalue weighted by atomic mass is 10.1. The van der Waals surface area contributed by atoms with E-state index in [4.69, 9.17) is 4.74 Å². The Kier molecular flexibility index (Phi) is 4.29. The lowest BCUT2D eigenvalue weighted by Gasteiger charge is -2.09. The highest BCUT2D eigenvalue weighted by Gasteiger charge is 2.09. The summed E-state index contributed by atoms with van der Waals surface area (Å²) in [6.07, 6.45) is 0. The highest BCUT2D eigenvalue weighted by atomic mass is 32.2. The summed E-state index contributed by atoms with van der Waals surface area (Å²) in [6, 6.07) is 11.1. The van der Waals surface area contributed by atoms with Gasteiger partial charge in [-0.3, -0.25) is 4.79 Å².